The SMILES string of the molecule is O=C(O)c1cncnc1COCCC(F)(F)F. The number of nitrogens with zero attached hydrogens (tertiary/aromatic N) is 2. The van der Waals surface area contributed by atoms with E-state index in [0.29, 0.717) is 0 Å². The zero-order chi connectivity index (χ0) is 12.9. The van der Waals surface area contributed by atoms with Crippen LogP contribution in [0, 0.1) is 0 Å². The largest absolute Gasteiger partial charge is 0.478 e. The van der Waals surface area contributed by atoms with Gasteiger partial charge in [-0.05, 0) is 0 Å². The predicted octanol–water partition coefficient (Wildman–Crippen LogP) is 1.64. The van der Waals surface area contributed by atoms with E-state index >= 15 is 0 Å². The molecule has 0 bridgehead atoms. The van der Waals surface area contributed by atoms with E-state index in [0.717, 1.165) is 12.5 Å². The lowest BCUT2D eigenvalue weighted by molar-refractivity contribution is -0.146. The summed E-state index contributed by atoms with van der Waals surface area (Å²) in [7, 11) is 0. The lowest BCUT2D eigenvalue weighted by Gasteiger charge is -2.07. The molecule has 0 atom stereocenters. The number of rotatable bonds is 5. The van der Waals surface area contributed by atoms with Crippen molar-refractivity contribution in [2.45, 2.75) is 19.2 Å². The van der Waals surface area contributed by atoms with Crippen molar-refractivity contribution in [3.05, 3.63) is 23.8 Å². The van der Waals surface area contributed by atoms with Gasteiger partial charge in [0.1, 0.15) is 11.9 Å². The number of ether oxygens (including phenoxy) is 1. The van der Waals surface area contributed by atoms with E-state index in [1.165, 1.54) is 0 Å². The fourth-order valence-corrected chi connectivity index (χ4v) is 1.01. The van der Waals surface area contributed by atoms with Gasteiger partial charge in [0.25, 0.3) is 0 Å². The quantitative estimate of drug-likeness (QED) is 0.804. The standard InChI is InChI=1S/C9H9F3N2O3/c10-9(11,12)1-2-17-4-7-6(8(15)16)3-13-5-14-7/h3,5H,1-2,4H2,(H,15,16). The first-order chi connectivity index (χ1) is 7.90. The summed E-state index contributed by atoms with van der Waals surface area (Å²) in [4.78, 5) is 17.8. The predicted molar refractivity (Wildman–Crippen MR) is 49.3 cm³/mol. The molecule has 1 rings (SSSR count). The van der Waals surface area contributed by atoms with Gasteiger partial charge in [0.15, 0.2) is 0 Å². The molecule has 0 saturated heterocycles. The molecule has 1 aromatic rings. The normalized spacial score (nSPS) is 11.5. The zero-order valence-electron chi connectivity index (χ0n) is 8.57. The molecule has 1 N–H and O–H groups in total. The fraction of sp³-hybridized carbons (Fsp3) is 0.444. The second kappa shape index (κ2) is 5.58. The Hall–Kier alpha value is -1.70. The van der Waals surface area contributed by atoms with E-state index in [4.69, 9.17) is 9.84 Å². The van der Waals surface area contributed by atoms with Gasteiger partial charge >= 0.3 is 12.1 Å². The van der Waals surface area contributed by atoms with Gasteiger partial charge < -0.3 is 9.84 Å². The molecule has 1 heterocycles. The second-order valence-corrected chi connectivity index (χ2v) is 3.11. The Bertz CT molecular complexity index is 395. The molecule has 0 saturated carbocycles. The van der Waals surface area contributed by atoms with Crippen molar-refractivity contribution in [1.29, 1.82) is 0 Å². The van der Waals surface area contributed by atoms with Gasteiger partial charge in [0.2, 0.25) is 0 Å². The van der Waals surface area contributed by atoms with Crippen molar-refractivity contribution in [3.63, 3.8) is 0 Å². The minimum Gasteiger partial charge on any atom is -0.478 e. The van der Waals surface area contributed by atoms with Crippen LogP contribution in [-0.2, 0) is 11.3 Å². The van der Waals surface area contributed by atoms with Crippen LogP contribution in [0.5, 0.6) is 0 Å². The highest BCUT2D eigenvalue weighted by molar-refractivity contribution is 5.88. The fourth-order valence-electron chi connectivity index (χ4n) is 1.01. The van der Waals surface area contributed by atoms with Crippen molar-refractivity contribution in [3.8, 4) is 0 Å². The molecule has 0 radical (unpaired) electrons. The Morgan fingerprint density at radius 2 is 2.18 bits per heavy atom. The summed E-state index contributed by atoms with van der Waals surface area (Å²) in [5.41, 5.74) is -0.130. The molecule has 0 aromatic carbocycles. The monoisotopic (exact) mass is 250 g/mol. The topological polar surface area (TPSA) is 72.3 Å². The highest BCUT2D eigenvalue weighted by atomic mass is 19.4. The summed E-state index contributed by atoms with van der Waals surface area (Å²) >= 11 is 0. The average Bonchev–Trinajstić information content (AvgIpc) is 2.23. The smallest absolute Gasteiger partial charge is 0.391 e. The van der Waals surface area contributed by atoms with Crippen molar-refractivity contribution in [1.82, 2.24) is 9.97 Å². The lowest BCUT2D eigenvalue weighted by atomic mass is 10.2. The second-order valence-electron chi connectivity index (χ2n) is 3.11. The van der Waals surface area contributed by atoms with Gasteiger partial charge in [-0.15, -0.1) is 0 Å². The maximum absolute atomic E-state index is 11.8. The average molecular weight is 250 g/mol. The molecule has 0 fully saturated rings. The van der Waals surface area contributed by atoms with Gasteiger partial charge in [-0.3, -0.25) is 0 Å². The number of halogens is 3. The van der Waals surface area contributed by atoms with Crippen LogP contribution in [0.15, 0.2) is 12.5 Å². The number of aromatic carboxylic acids is 1. The molecule has 17 heavy (non-hydrogen) atoms. The van der Waals surface area contributed by atoms with Crippen LogP contribution in [0.1, 0.15) is 22.5 Å². The Balaban J connectivity index is 2.49. The van der Waals surface area contributed by atoms with E-state index in [1.54, 1.807) is 0 Å². The molecule has 94 valence electrons. The molecular formula is C9H9F3N2O3. The van der Waals surface area contributed by atoms with Crippen LogP contribution < -0.4 is 0 Å². The highest BCUT2D eigenvalue weighted by Gasteiger charge is 2.26. The van der Waals surface area contributed by atoms with Crippen molar-refractivity contribution in [2.75, 3.05) is 6.61 Å². The van der Waals surface area contributed by atoms with Crippen LogP contribution >= 0.6 is 0 Å². The molecule has 0 spiro atoms. The molecular weight excluding hydrogens is 241 g/mol. The van der Waals surface area contributed by atoms with E-state index < -0.39 is 25.2 Å². The van der Waals surface area contributed by atoms with Crippen molar-refractivity contribution in [2.24, 2.45) is 0 Å². The number of carboxylic acid groups (broad SMARTS) is 1. The summed E-state index contributed by atoms with van der Waals surface area (Å²) in [6.45, 7) is -0.827. The Morgan fingerprint density at radius 3 is 2.76 bits per heavy atom. The van der Waals surface area contributed by atoms with Crippen molar-refractivity contribution >= 4 is 5.97 Å². The summed E-state index contributed by atoms with van der Waals surface area (Å²) < 4.78 is 40.1. The number of hydrogen-bond donors (Lipinski definition) is 1. The van der Waals surface area contributed by atoms with Gasteiger partial charge in [-0.1, -0.05) is 0 Å². The molecule has 0 unspecified atom stereocenters. The van der Waals surface area contributed by atoms with Crippen LogP contribution in [0.25, 0.3) is 0 Å². The van der Waals surface area contributed by atoms with E-state index in [-0.39, 0.29) is 17.9 Å². The van der Waals surface area contributed by atoms with Gasteiger partial charge in [-0.25, -0.2) is 14.8 Å². The molecule has 0 aliphatic carbocycles. The number of carbonyl (C=O) groups is 1. The Morgan fingerprint density at radius 1 is 1.47 bits per heavy atom. The number of hydrogen-bond acceptors (Lipinski definition) is 4. The molecule has 8 heteroatoms. The first-order valence-corrected chi connectivity index (χ1v) is 4.57. The maximum Gasteiger partial charge on any atom is 0.391 e. The molecule has 0 aliphatic heterocycles. The third-order valence-electron chi connectivity index (χ3n) is 1.79. The third kappa shape index (κ3) is 4.77. The minimum absolute atomic E-state index is 0.0506. The Kier molecular flexibility index (Phi) is 4.38. The lowest BCUT2D eigenvalue weighted by Crippen LogP contribution is -2.13. The number of alkyl halides is 3. The third-order valence-corrected chi connectivity index (χ3v) is 1.79. The van der Waals surface area contributed by atoms with Crippen molar-refractivity contribution < 1.29 is 27.8 Å². The van der Waals surface area contributed by atoms with Crippen LogP contribution in [0.2, 0.25) is 0 Å². The number of aromatic nitrogens is 2. The molecule has 0 amide bonds. The van der Waals surface area contributed by atoms with Gasteiger partial charge in [0.05, 0.1) is 25.3 Å². The summed E-state index contributed by atoms with van der Waals surface area (Å²) in [5, 5.41) is 8.74. The highest BCUT2D eigenvalue weighted by Crippen LogP contribution is 2.19. The van der Waals surface area contributed by atoms with Gasteiger partial charge in [-0.2, -0.15) is 13.2 Å². The summed E-state index contributed by atoms with van der Waals surface area (Å²) in [6.07, 6.45) is -3.20. The molecule has 0 aliphatic rings. The minimum atomic E-state index is -4.29. The van der Waals surface area contributed by atoms with Crippen LogP contribution in [0.3, 0.4) is 0 Å². The summed E-state index contributed by atoms with van der Waals surface area (Å²) in [6, 6.07) is 0. The maximum atomic E-state index is 11.8. The molecule has 5 nitrogen and oxygen atoms in total. The Labute approximate surface area is 94.3 Å². The van der Waals surface area contributed by atoms with E-state index in [9.17, 15) is 18.0 Å². The van der Waals surface area contributed by atoms with Crippen LogP contribution in [-0.4, -0.2) is 33.8 Å². The first-order valence-electron chi connectivity index (χ1n) is 4.57. The van der Waals surface area contributed by atoms with E-state index in [2.05, 4.69) is 9.97 Å². The number of carboxylic acids is 1. The summed E-state index contributed by atoms with van der Waals surface area (Å²) in [5.74, 6) is -1.25. The van der Waals surface area contributed by atoms with E-state index in [1.807, 2.05) is 0 Å². The zero-order valence-corrected chi connectivity index (χ0v) is 8.57. The van der Waals surface area contributed by atoms with Gasteiger partial charge in [0, 0.05) is 6.20 Å². The van der Waals surface area contributed by atoms with Crippen LogP contribution in [0.4, 0.5) is 13.2 Å². The first kappa shape index (κ1) is 13.4. The molecule has 1 aromatic heterocycles.